The summed E-state index contributed by atoms with van der Waals surface area (Å²) in [7, 11) is 0. The Morgan fingerprint density at radius 2 is 1.82 bits per heavy atom. The Kier molecular flexibility index (Phi) is 4.43. The van der Waals surface area contributed by atoms with E-state index in [1.54, 1.807) is 12.3 Å². The zero-order chi connectivity index (χ0) is 15.5. The first-order chi connectivity index (χ1) is 10.6. The van der Waals surface area contributed by atoms with Gasteiger partial charge in [0, 0.05) is 23.8 Å². The molecular weight excluding hydrogens is 342 g/mol. The van der Waals surface area contributed by atoms with Gasteiger partial charge < -0.3 is 10.6 Å². The van der Waals surface area contributed by atoms with Crippen LogP contribution >= 0.6 is 15.9 Å². The lowest BCUT2D eigenvalue weighted by molar-refractivity contribution is 0.1000. The lowest BCUT2D eigenvalue weighted by Gasteiger charge is -2.33. The Balaban J connectivity index is 1.63. The van der Waals surface area contributed by atoms with Crippen LogP contribution in [-0.4, -0.2) is 24.0 Å². The van der Waals surface area contributed by atoms with E-state index in [0.717, 1.165) is 36.2 Å². The molecule has 2 heterocycles. The SMILES string of the molecule is NC(=O)c1ccc(N2CCC(c3ccc(Br)cc3)CC2)nc1. The maximum Gasteiger partial charge on any atom is 0.250 e. The minimum Gasteiger partial charge on any atom is -0.366 e. The quantitative estimate of drug-likeness (QED) is 0.914. The summed E-state index contributed by atoms with van der Waals surface area (Å²) in [6, 6.07) is 12.2. The number of pyridine rings is 1. The molecule has 1 amide bonds. The van der Waals surface area contributed by atoms with Gasteiger partial charge in [0.25, 0.3) is 0 Å². The van der Waals surface area contributed by atoms with Crippen LogP contribution < -0.4 is 10.6 Å². The van der Waals surface area contributed by atoms with Gasteiger partial charge in [-0.1, -0.05) is 28.1 Å². The largest absolute Gasteiger partial charge is 0.366 e. The number of carbonyl (C=O) groups is 1. The van der Waals surface area contributed by atoms with Crippen LogP contribution in [0.2, 0.25) is 0 Å². The molecule has 1 aliphatic heterocycles. The molecule has 114 valence electrons. The minimum absolute atomic E-state index is 0.437. The fourth-order valence-corrected chi connectivity index (χ4v) is 3.16. The number of amides is 1. The number of piperidine rings is 1. The molecule has 2 N–H and O–H groups in total. The summed E-state index contributed by atoms with van der Waals surface area (Å²) in [5, 5.41) is 0. The van der Waals surface area contributed by atoms with Crippen molar-refractivity contribution < 1.29 is 4.79 Å². The van der Waals surface area contributed by atoms with Gasteiger partial charge in [-0.2, -0.15) is 0 Å². The molecule has 0 bridgehead atoms. The normalized spacial score (nSPS) is 15.8. The standard InChI is InChI=1S/C17H18BrN3O/c18-15-4-1-12(2-5-15)13-7-9-21(10-8-13)16-6-3-14(11-20-16)17(19)22/h1-6,11,13H,7-10H2,(H2,19,22). The van der Waals surface area contributed by atoms with Crippen LogP contribution in [0.25, 0.3) is 0 Å². The van der Waals surface area contributed by atoms with Crippen molar-refractivity contribution in [1.29, 1.82) is 0 Å². The number of carbonyl (C=O) groups excluding carboxylic acids is 1. The van der Waals surface area contributed by atoms with Crippen molar-refractivity contribution in [2.45, 2.75) is 18.8 Å². The van der Waals surface area contributed by atoms with Crippen molar-refractivity contribution in [3.8, 4) is 0 Å². The topological polar surface area (TPSA) is 59.2 Å². The van der Waals surface area contributed by atoms with E-state index in [0.29, 0.717) is 11.5 Å². The Morgan fingerprint density at radius 1 is 1.14 bits per heavy atom. The summed E-state index contributed by atoms with van der Waals surface area (Å²) < 4.78 is 1.12. The fourth-order valence-electron chi connectivity index (χ4n) is 2.90. The molecular formula is C17H18BrN3O. The fraction of sp³-hybridized carbons (Fsp3) is 0.294. The first-order valence-corrected chi connectivity index (χ1v) is 8.19. The summed E-state index contributed by atoms with van der Waals surface area (Å²) in [6.45, 7) is 1.95. The van der Waals surface area contributed by atoms with Gasteiger partial charge in [0.2, 0.25) is 5.91 Å². The predicted octanol–water partition coefficient (Wildman–Crippen LogP) is 3.33. The third kappa shape index (κ3) is 3.30. The van der Waals surface area contributed by atoms with Crippen molar-refractivity contribution in [3.63, 3.8) is 0 Å². The molecule has 0 unspecified atom stereocenters. The van der Waals surface area contributed by atoms with E-state index in [4.69, 9.17) is 5.73 Å². The third-order valence-electron chi connectivity index (χ3n) is 4.19. The summed E-state index contributed by atoms with van der Waals surface area (Å²) >= 11 is 3.48. The maximum absolute atomic E-state index is 11.1. The Bertz CT molecular complexity index is 647. The number of rotatable bonds is 3. The van der Waals surface area contributed by atoms with E-state index in [1.165, 1.54) is 5.56 Å². The summed E-state index contributed by atoms with van der Waals surface area (Å²) in [6.07, 6.45) is 3.78. The van der Waals surface area contributed by atoms with Crippen LogP contribution in [0, 0.1) is 0 Å². The highest BCUT2D eigenvalue weighted by molar-refractivity contribution is 9.10. The number of hydrogen-bond donors (Lipinski definition) is 1. The van der Waals surface area contributed by atoms with Gasteiger partial charge in [-0.05, 0) is 48.6 Å². The molecule has 2 aromatic rings. The predicted molar refractivity (Wildman–Crippen MR) is 91.1 cm³/mol. The van der Waals surface area contributed by atoms with Gasteiger partial charge in [-0.25, -0.2) is 4.98 Å². The van der Waals surface area contributed by atoms with Crippen LogP contribution in [0.5, 0.6) is 0 Å². The maximum atomic E-state index is 11.1. The van der Waals surface area contributed by atoms with Gasteiger partial charge in [0.1, 0.15) is 5.82 Å². The molecule has 1 aromatic heterocycles. The van der Waals surface area contributed by atoms with Crippen molar-refractivity contribution in [1.82, 2.24) is 4.98 Å². The van der Waals surface area contributed by atoms with E-state index >= 15 is 0 Å². The molecule has 4 nitrogen and oxygen atoms in total. The average Bonchev–Trinajstić information content (AvgIpc) is 2.56. The number of hydrogen-bond acceptors (Lipinski definition) is 3. The molecule has 1 aliphatic rings. The molecule has 1 saturated heterocycles. The van der Waals surface area contributed by atoms with E-state index in [-0.39, 0.29) is 0 Å². The summed E-state index contributed by atoms with van der Waals surface area (Å²) in [4.78, 5) is 17.7. The highest BCUT2D eigenvalue weighted by atomic mass is 79.9. The molecule has 0 atom stereocenters. The van der Waals surface area contributed by atoms with Crippen molar-refractivity contribution in [2.24, 2.45) is 5.73 Å². The van der Waals surface area contributed by atoms with E-state index in [2.05, 4.69) is 50.1 Å². The molecule has 22 heavy (non-hydrogen) atoms. The van der Waals surface area contributed by atoms with Crippen LogP contribution in [0.15, 0.2) is 47.1 Å². The van der Waals surface area contributed by atoms with E-state index in [9.17, 15) is 4.79 Å². The van der Waals surface area contributed by atoms with Crippen LogP contribution in [0.1, 0.15) is 34.7 Å². The zero-order valence-corrected chi connectivity index (χ0v) is 13.8. The van der Waals surface area contributed by atoms with Gasteiger partial charge in [0.15, 0.2) is 0 Å². The van der Waals surface area contributed by atoms with Crippen LogP contribution in [-0.2, 0) is 0 Å². The number of halogens is 1. The molecule has 0 aliphatic carbocycles. The average molecular weight is 360 g/mol. The molecule has 0 radical (unpaired) electrons. The number of aromatic nitrogens is 1. The number of benzene rings is 1. The lowest BCUT2D eigenvalue weighted by atomic mass is 9.89. The smallest absolute Gasteiger partial charge is 0.250 e. The third-order valence-corrected chi connectivity index (χ3v) is 4.72. The van der Waals surface area contributed by atoms with Gasteiger partial charge in [0.05, 0.1) is 5.56 Å². The zero-order valence-electron chi connectivity index (χ0n) is 12.2. The highest BCUT2D eigenvalue weighted by Crippen LogP contribution is 2.30. The van der Waals surface area contributed by atoms with Crippen molar-refractivity contribution >= 4 is 27.7 Å². The number of nitrogens with zero attached hydrogens (tertiary/aromatic N) is 2. The monoisotopic (exact) mass is 359 g/mol. The van der Waals surface area contributed by atoms with Gasteiger partial charge in [-0.15, -0.1) is 0 Å². The Hall–Kier alpha value is -1.88. The molecule has 1 fully saturated rings. The molecule has 1 aromatic carbocycles. The number of nitrogens with two attached hydrogens (primary N) is 1. The number of primary amides is 1. The molecule has 5 heteroatoms. The second kappa shape index (κ2) is 6.48. The van der Waals surface area contributed by atoms with E-state index in [1.807, 2.05) is 6.07 Å². The first-order valence-electron chi connectivity index (χ1n) is 7.40. The minimum atomic E-state index is -0.437. The lowest BCUT2D eigenvalue weighted by Crippen LogP contribution is -2.33. The summed E-state index contributed by atoms with van der Waals surface area (Å²) in [5.74, 6) is 1.08. The summed E-state index contributed by atoms with van der Waals surface area (Å²) in [5.41, 5.74) is 7.09. The molecule has 0 saturated carbocycles. The number of anilines is 1. The molecule has 0 spiro atoms. The van der Waals surface area contributed by atoms with Gasteiger partial charge in [-0.3, -0.25) is 4.79 Å². The van der Waals surface area contributed by atoms with Gasteiger partial charge >= 0.3 is 0 Å². The second-order valence-corrected chi connectivity index (χ2v) is 6.50. The van der Waals surface area contributed by atoms with Crippen LogP contribution in [0.4, 0.5) is 5.82 Å². The highest BCUT2D eigenvalue weighted by Gasteiger charge is 2.21. The Labute approximate surface area is 138 Å². The second-order valence-electron chi connectivity index (χ2n) is 5.58. The van der Waals surface area contributed by atoms with E-state index < -0.39 is 5.91 Å². The van der Waals surface area contributed by atoms with Crippen molar-refractivity contribution in [2.75, 3.05) is 18.0 Å². The van der Waals surface area contributed by atoms with Crippen molar-refractivity contribution in [3.05, 3.63) is 58.2 Å². The van der Waals surface area contributed by atoms with Crippen LogP contribution in [0.3, 0.4) is 0 Å². The Morgan fingerprint density at radius 3 is 2.36 bits per heavy atom. The first kappa shape index (κ1) is 15.0. The molecule has 3 rings (SSSR count).